The van der Waals surface area contributed by atoms with Crippen molar-refractivity contribution in [2.45, 2.75) is 37.0 Å². The first-order valence-electron chi connectivity index (χ1n) is 6.74. The van der Waals surface area contributed by atoms with Crippen molar-refractivity contribution in [2.24, 2.45) is 5.73 Å². The van der Waals surface area contributed by atoms with Gasteiger partial charge in [-0.15, -0.1) is 0 Å². The third kappa shape index (κ3) is 3.12. The van der Waals surface area contributed by atoms with Crippen LogP contribution < -0.4 is 10.5 Å². The van der Waals surface area contributed by atoms with E-state index >= 15 is 0 Å². The lowest BCUT2D eigenvalue weighted by molar-refractivity contribution is 0.383. The molecule has 0 spiro atoms. The Labute approximate surface area is 119 Å². The molecule has 0 amide bonds. The topological polar surface area (TPSA) is 69.4 Å². The lowest BCUT2D eigenvalue weighted by Gasteiger charge is -2.27. The third-order valence-electron chi connectivity index (χ3n) is 3.83. The van der Waals surface area contributed by atoms with E-state index in [1.807, 2.05) is 0 Å². The van der Waals surface area contributed by atoms with Crippen molar-refractivity contribution in [1.82, 2.24) is 0 Å². The molecule has 0 saturated carbocycles. The third-order valence-corrected chi connectivity index (χ3v) is 6.19. The number of sulfone groups is 1. The zero-order chi connectivity index (χ0) is 14.8. The quantitative estimate of drug-likeness (QED) is 0.918. The monoisotopic (exact) mass is 301 g/mol. The molecule has 0 aromatic heterocycles. The van der Waals surface area contributed by atoms with Gasteiger partial charge in [0, 0.05) is 6.04 Å². The highest BCUT2D eigenvalue weighted by molar-refractivity contribution is 7.92. The molecule has 2 atom stereocenters. The van der Waals surface area contributed by atoms with Gasteiger partial charge in [-0.25, -0.2) is 12.8 Å². The first kappa shape index (κ1) is 15.3. The highest BCUT2D eigenvalue weighted by Crippen LogP contribution is 2.26. The summed E-state index contributed by atoms with van der Waals surface area (Å²) in [6, 6.07) is 4.25. The van der Waals surface area contributed by atoms with Gasteiger partial charge in [-0.1, -0.05) is 18.6 Å². The second kappa shape index (κ2) is 6.10. The van der Waals surface area contributed by atoms with Gasteiger partial charge in [-0.05, 0) is 30.9 Å². The van der Waals surface area contributed by atoms with E-state index in [1.165, 1.54) is 13.2 Å². The van der Waals surface area contributed by atoms with E-state index in [4.69, 9.17) is 10.5 Å². The number of ether oxygens (including phenoxy) is 1. The van der Waals surface area contributed by atoms with Gasteiger partial charge in [0.25, 0.3) is 0 Å². The van der Waals surface area contributed by atoms with Crippen LogP contribution in [-0.4, -0.2) is 32.6 Å². The van der Waals surface area contributed by atoms with Crippen molar-refractivity contribution in [3.05, 3.63) is 29.6 Å². The van der Waals surface area contributed by atoms with Gasteiger partial charge in [-0.3, -0.25) is 0 Å². The van der Waals surface area contributed by atoms with Crippen molar-refractivity contribution in [3.63, 3.8) is 0 Å². The van der Waals surface area contributed by atoms with E-state index < -0.39 is 26.9 Å². The molecule has 1 aromatic rings. The lowest BCUT2D eigenvalue weighted by Crippen LogP contribution is -2.45. The van der Waals surface area contributed by atoms with Crippen LogP contribution in [0.25, 0.3) is 0 Å². The molecule has 0 aliphatic carbocycles. The van der Waals surface area contributed by atoms with Crippen molar-refractivity contribution in [3.8, 4) is 5.75 Å². The van der Waals surface area contributed by atoms with Gasteiger partial charge in [0.1, 0.15) is 0 Å². The number of methoxy groups -OCH3 is 1. The molecule has 4 nitrogen and oxygen atoms in total. The maximum atomic E-state index is 14.1. The van der Waals surface area contributed by atoms with Gasteiger partial charge in [0.2, 0.25) is 0 Å². The molecule has 2 rings (SSSR count). The minimum absolute atomic E-state index is 0.154. The van der Waals surface area contributed by atoms with Crippen molar-refractivity contribution < 1.29 is 17.5 Å². The average Bonchev–Trinajstić information content (AvgIpc) is 2.40. The Morgan fingerprint density at radius 1 is 1.45 bits per heavy atom. The van der Waals surface area contributed by atoms with Crippen molar-refractivity contribution in [2.75, 3.05) is 12.9 Å². The first-order valence-corrected chi connectivity index (χ1v) is 8.46. The van der Waals surface area contributed by atoms with Crippen LogP contribution in [-0.2, 0) is 16.3 Å². The number of nitrogens with two attached hydrogens (primary N) is 1. The molecular formula is C14H20FNO3S. The number of hydrogen-bond donors (Lipinski definition) is 1. The van der Waals surface area contributed by atoms with E-state index in [2.05, 4.69) is 0 Å². The van der Waals surface area contributed by atoms with E-state index in [0.29, 0.717) is 18.4 Å². The van der Waals surface area contributed by atoms with Crippen LogP contribution in [0.15, 0.2) is 18.2 Å². The second-order valence-electron chi connectivity index (χ2n) is 5.20. The molecule has 6 heteroatoms. The van der Waals surface area contributed by atoms with Crippen LogP contribution in [0, 0.1) is 5.82 Å². The first-order chi connectivity index (χ1) is 9.45. The van der Waals surface area contributed by atoms with Crippen LogP contribution in [0.5, 0.6) is 5.75 Å². The molecule has 1 saturated heterocycles. The van der Waals surface area contributed by atoms with E-state index in [1.54, 1.807) is 12.1 Å². The number of benzene rings is 1. The lowest BCUT2D eigenvalue weighted by atomic mass is 10.00. The number of hydrogen-bond acceptors (Lipinski definition) is 4. The molecule has 1 heterocycles. The van der Waals surface area contributed by atoms with Gasteiger partial charge >= 0.3 is 0 Å². The van der Waals surface area contributed by atoms with E-state index in [-0.39, 0.29) is 17.9 Å². The Hall–Kier alpha value is -1.14. The molecule has 0 bridgehead atoms. The van der Waals surface area contributed by atoms with E-state index in [9.17, 15) is 12.8 Å². The van der Waals surface area contributed by atoms with Crippen LogP contribution in [0.1, 0.15) is 24.8 Å². The molecule has 20 heavy (non-hydrogen) atoms. The summed E-state index contributed by atoms with van der Waals surface area (Å²) < 4.78 is 43.0. The maximum Gasteiger partial charge on any atom is 0.168 e. The van der Waals surface area contributed by atoms with Gasteiger partial charge in [-0.2, -0.15) is 0 Å². The minimum atomic E-state index is -3.15. The predicted molar refractivity (Wildman–Crippen MR) is 76.1 cm³/mol. The summed E-state index contributed by atoms with van der Waals surface area (Å²) in [4.78, 5) is 0. The molecule has 0 radical (unpaired) electrons. The zero-order valence-corrected chi connectivity index (χ0v) is 12.3. The molecule has 1 aromatic carbocycles. The fourth-order valence-electron chi connectivity index (χ4n) is 2.72. The summed E-state index contributed by atoms with van der Waals surface area (Å²) in [5, 5.41) is -0.568. The van der Waals surface area contributed by atoms with Crippen LogP contribution in [0.2, 0.25) is 0 Å². The molecular weight excluding hydrogens is 281 g/mol. The predicted octanol–water partition coefficient (Wildman–Crippen LogP) is 1.67. The summed E-state index contributed by atoms with van der Waals surface area (Å²) in [5.74, 6) is -0.119. The van der Waals surface area contributed by atoms with Crippen molar-refractivity contribution in [1.29, 1.82) is 0 Å². The summed E-state index contributed by atoms with van der Waals surface area (Å²) in [7, 11) is -1.75. The van der Waals surface area contributed by atoms with Crippen LogP contribution in [0.4, 0.5) is 4.39 Å². The van der Waals surface area contributed by atoms with Gasteiger partial charge in [0.05, 0.1) is 18.1 Å². The largest absolute Gasteiger partial charge is 0.494 e. The molecule has 1 fully saturated rings. The Balaban J connectivity index is 2.17. The smallest absolute Gasteiger partial charge is 0.168 e. The molecule has 112 valence electrons. The Morgan fingerprint density at radius 2 is 2.20 bits per heavy atom. The summed E-state index contributed by atoms with van der Waals surface area (Å²) in [5.41, 5.74) is 6.43. The number of rotatable bonds is 4. The molecule has 2 N–H and O–H groups in total. The maximum absolute atomic E-state index is 14.1. The SMILES string of the molecule is COc1cccc(CC(N)C2CCCCS2(=O)=O)c1F. The Bertz CT molecular complexity index is 574. The Morgan fingerprint density at radius 3 is 2.85 bits per heavy atom. The van der Waals surface area contributed by atoms with Crippen molar-refractivity contribution >= 4 is 9.84 Å². The van der Waals surface area contributed by atoms with E-state index in [0.717, 1.165) is 6.42 Å². The highest BCUT2D eigenvalue weighted by Gasteiger charge is 2.34. The number of halogens is 1. The van der Waals surface area contributed by atoms with Crippen LogP contribution >= 0.6 is 0 Å². The average molecular weight is 301 g/mol. The standard InChI is InChI=1S/C14H20FNO3S/c1-19-12-6-4-5-10(14(12)15)9-11(16)13-7-2-3-8-20(13,17)18/h4-6,11,13H,2-3,7-9,16H2,1H3. The minimum Gasteiger partial charge on any atom is -0.494 e. The summed E-state index contributed by atoms with van der Waals surface area (Å²) >= 11 is 0. The zero-order valence-electron chi connectivity index (χ0n) is 11.5. The highest BCUT2D eigenvalue weighted by atomic mass is 32.2. The molecule has 1 aliphatic heterocycles. The molecule has 1 aliphatic rings. The second-order valence-corrected chi connectivity index (χ2v) is 7.54. The van der Waals surface area contributed by atoms with Gasteiger partial charge in [0.15, 0.2) is 21.4 Å². The van der Waals surface area contributed by atoms with Gasteiger partial charge < -0.3 is 10.5 Å². The fraction of sp³-hybridized carbons (Fsp3) is 0.571. The summed E-state index contributed by atoms with van der Waals surface area (Å²) in [6.45, 7) is 0. The summed E-state index contributed by atoms with van der Waals surface area (Å²) in [6.07, 6.45) is 2.32. The molecule has 2 unspecified atom stereocenters. The Kier molecular flexibility index (Phi) is 4.65. The normalized spacial score (nSPS) is 23.2. The van der Waals surface area contributed by atoms with Crippen LogP contribution in [0.3, 0.4) is 0 Å². The fourth-order valence-corrected chi connectivity index (χ4v) is 4.78.